The summed E-state index contributed by atoms with van der Waals surface area (Å²) in [5.74, 6) is 0.803. The van der Waals surface area contributed by atoms with E-state index in [0.29, 0.717) is 11.7 Å². The van der Waals surface area contributed by atoms with Gasteiger partial charge >= 0.3 is 0 Å². The second-order valence-corrected chi connectivity index (χ2v) is 5.02. The first-order valence-electron chi connectivity index (χ1n) is 6.18. The van der Waals surface area contributed by atoms with E-state index >= 15 is 0 Å². The van der Waals surface area contributed by atoms with Crippen LogP contribution in [0.25, 0.3) is 0 Å². The van der Waals surface area contributed by atoms with Crippen molar-refractivity contribution >= 4 is 29.0 Å². The Morgan fingerprint density at radius 2 is 1.84 bits per heavy atom. The lowest BCUT2D eigenvalue weighted by Gasteiger charge is -2.11. The molecule has 1 aromatic carbocycles. The van der Waals surface area contributed by atoms with Crippen LogP contribution >= 0.6 is 23.2 Å². The minimum absolute atomic E-state index is 0.524. The van der Waals surface area contributed by atoms with Gasteiger partial charge in [-0.1, -0.05) is 48.7 Å². The molecular weight excluding hydrogens is 281 g/mol. The van der Waals surface area contributed by atoms with E-state index in [1.165, 1.54) is 6.33 Å². The molecule has 2 rings (SSSR count). The van der Waals surface area contributed by atoms with Crippen molar-refractivity contribution in [3.8, 4) is 0 Å². The Labute approximate surface area is 123 Å². The van der Waals surface area contributed by atoms with Crippen molar-refractivity contribution in [2.24, 2.45) is 0 Å². The summed E-state index contributed by atoms with van der Waals surface area (Å²) >= 11 is 12.0. The molecule has 0 atom stereocenters. The summed E-state index contributed by atoms with van der Waals surface area (Å²) in [6, 6.07) is 7.71. The molecule has 0 saturated heterocycles. The van der Waals surface area contributed by atoms with Gasteiger partial charge in [-0.2, -0.15) is 0 Å². The van der Waals surface area contributed by atoms with Gasteiger partial charge in [-0.15, -0.1) is 0 Å². The molecule has 0 unspecified atom stereocenters. The fraction of sp³-hybridized carbons (Fsp3) is 0.286. The number of aromatic nitrogens is 2. The average Bonchev–Trinajstić information content (AvgIpc) is 2.41. The van der Waals surface area contributed by atoms with E-state index in [1.54, 1.807) is 0 Å². The van der Waals surface area contributed by atoms with Crippen molar-refractivity contribution in [2.75, 3.05) is 5.32 Å². The highest BCUT2D eigenvalue weighted by Gasteiger charge is 2.08. The van der Waals surface area contributed by atoms with Crippen molar-refractivity contribution in [3.63, 3.8) is 0 Å². The van der Waals surface area contributed by atoms with E-state index in [4.69, 9.17) is 23.2 Å². The summed E-state index contributed by atoms with van der Waals surface area (Å²) in [5, 5.41) is 4.56. The number of hydrogen-bond donors (Lipinski definition) is 1. The molecule has 0 fully saturated rings. The molecule has 0 aliphatic heterocycles. The van der Waals surface area contributed by atoms with Crippen LogP contribution in [0.2, 0.25) is 10.2 Å². The van der Waals surface area contributed by atoms with Gasteiger partial charge in [-0.3, -0.25) is 0 Å². The summed E-state index contributed by atoms with van der Waals surface area (Å²) in [7, 11) is 0. The van der Waals surface area contributed by atoms with Gasteiger partial charge in [0.15, 0.2) is 0 Å². The Bertz CT molecular complexity index is 541. The summed E-state index contributed by atoms with van der Waals surface area (Å²) in [5.41, 5.74) is 2.11. The highest BCUT2D eigenvalue weighted by Crippen LogP contribution is 2.22. The molecular formula is C14H15Cl2N3. The second kappa shape index (κ2) is 6.73. The molecule has 100 valence electrons. The first kappa shape index (κ1) is 14.1. The first-order chi connectivity index (χ1) is 9.20. The van der Waals surface area contributed by atoms with Gasteiger partial charge in [0.25, 0.3) is 0 Å². The van der Waals surface area contributed by atoms with Crippen molar-refractivity contribution < 1.29 is 0 Å². The van der Waals surface area contributed by atoms with E-state index in [0.717, 1.165) is 34.8 Å². The molecule has 3 nitrogen and oxygen atoms in total. The van der Waals surface area contributed by atoms with E-state index in [9.17, 15) is 0 Å². The fourth-order valence-corrected chi connectivity index (χ4v) is 2.16. The van der Waals surface area contributed by atoms with Gasteiger partial charge in [0, 0.05) is 17.1 Å². The van der Waals surface area contributed by atoms with Crippen LogP contribution in [0, 0.1) is 0 Å². The smallest absolute Gasteiger partial charge is 0.137 e. The number of halogens is 2. The Morgan fingerprint density at radius 3 is 2.53 bits per heavy atom. The van der Waals surface area contributed by atoms with Crippen molar-refractivity contribution in [3.05, 3.63) is 51.9 Å². The SMILES string of the molecule is CCCc1c(Cl)ncnc1NCc1ccc(Cl)cc1. The molecule has 0 amide bonds. The lowest BCUT2D eigenvalue weighted by molar-refractivity contribution is 0.897. The largest absolute Gasteiger partial charge is 0.366 e. The number of anilines is 1. The topological polar surface area (TPSA) is 37.8 Å². The van der Waals surface area contributed by atoms with E-state index in [-0.39, 0.29) is 0 Å². The third kappa shape index (κ3) is 3.82. The van der Waals surface area contributed by atoms with Crippen LogP contribution in [0.5, 0.6) is 0 Å². The molecule has 5 heteroatoms. The minimum atomic E-state index is 0.524. The third-order valence-electron chi connectivity index (χ3n) is 2.77. The van der Waals surface area contributed by atoms with Crippen LogP contribution in [0.15, 0.2) is 30.6 Å². The number of nitrogens with one attached hydrogen (secondary N) is 1. The molecule has 1 N–H and O–H groups in total. The summed E-state index contributed by atoms with van der Waals surface area (Å²) in [6.45, 7) is 2.79. The second-order valence-electron chi connectivity index (χ2n) is 4.22. The Kier molecular flexibility index (Phi) is 5.00. The standard InChI is InChI=1S/C14H15Cl2N3/c1-2-3-12-13(16)18-9-19-14(12)17-8-10-4-6-11(15)7-5-10/h4-7,9H,2-3,8H2,1H3,(H,17,18,19). The van der Waals surface area contributed by atoms with E-state index in [2.05, 4.69) is 22.2 Å². The summed E-state index contributed by atoms with van der Waals surface area (Å²) in [4.78, 5) is 8.28. The predicted octanol–water partition coefficient (Wildman–Crippen LogP) is 4.35. The first-order valence-corrected chi connectivity index (χ1v) is 6.94. The van der Waals surface area contributed by atoms with Gasteiger partial charge in [0.05, 0.1) is 0 Å². The molecule has 0 spiro atoms. The number of benzene rings is 1. The van der Waals surface area contributed by atoms with Gasteiger partial charge < -0.3 is 5.32 Å². The average molecular weight is 296 g/mol. The van der Waals surface area contributed by atoms with Gasteiger partial charge in [0.2, 0.25) is 0 Å². The third-order valence-corrected chi connectivity index (χ3v) is 3.34. The molecule has 0 radical (unpaired) electrons. The Hall–Kier alpha value is -1.32. The van der Waals surface area contributed by atoms with Crippen LogP contribution in [0.1, 0.15) is 24.5 Å². The fourth-order valence-electron chi connectivity index (χ4n) is 1.80. The van der Waals surface area contributed by atoms with Crippen molar-refractivity contribution in [1.29, 1.82) is 0 Å². The molecule has 2 aromatic rings. The zero-order chi connectivity index (χ0) is 13.7. The van der Waals surface area contributed by atoms with Crippen molar-refractivity contribution in [1.82, 2.24) is 9.97 Å². The van der Waals surface area contributed by atoms with E-state index in [1.807, 2.05) is 24.3 Å². The summed E-state index contributed by atoms with van der Waals surface area (Å²) in [6.07, 6.45) is 3.34. The van der Waals surface area contributed by atoms with Gasteiger partial charge in [0.1, 0.15) is 17.3 Å². The maximum absolute atomic E-state index is 6.10. The minimum Gasteiger partial charge on any atom is -0.366 e. The number of nitrogens with zero attached hydrogens (tertiary/aromatic N) is 2. The maximum Gasteiger partial charge on any atom is 0.137 e. The van der Waals surface area contributed by atoms with Crippen LogP contribution < -0.4 is 5.32 Å². The quantitative estimate of drug-likeness (QED) is 0.834. The van der Waals surface area contributed by atoms with Crippen LogP contribution in [0.3, 0.4) is 0 Å². The zero-order valence-corrected chi connectivity index (χ0v) is 12.2. The highest BCUT2D eigenvalue weighted by molar-refractivity contribution is 6.30. The lowest BCUT2D eigenvalue weighted by Crippen LogP contribution is -2.06. The molecule has 0 bridgehead atoms. The zero-order valence-electron chi connectivity index (χ0n) is 10.7. The molecule has 0 aliphatic rings. The van der Waals surface area contributed by atoms with Crippen molar-refractivity contribution in [2.45, 2.75) is 26.3 Å². The lowest BCUT2D eigenvalue weighted by atomic mass is 10.1. The van der Waals surface area contributed by atoms with Gasteiger partial charge in [-0.05, 0) is 24.1 Å². The molecule has 1 aromatic heterocycles. The number of rotatable bonds is 5. The molecule has 0 saturated carbocycles. The summed E-state index contributed by atoms with van der Waals surface area (Å²) < 4.78 is 0. The monoisotopic (exact) mass is 295 g/mol. The Balaban J connectivity index is 2.10. The number of hydrogen-bond acceptors (Lipinski definition) is 3. The predicted molar refractivity (Wildman–Crippen MR) is 79.8 cm³/mol. The molecule has 19 heavy (non-hydrogen) atoms. The maximum atomic E-state index is 6.10. The molecule has 1 heterocycles. The van der Waals surface area contributed by atoms with Crippen LogP contribution in [0.4, 0.5) is 5.82 Å². The molecule has 0 aliphatic carbocycles. The van der Waals surface area contributed by atoms with Gasteiger partial charge in [-0.25, -0.2) is 9.97 Å². The van der Waals surface area contributed by atoms with Crippen LogP contribution in [-0.4, -0.2) is 9.97 Å². The Morgan fingerprint density at radius 1 is 1.11 bits per heavy atom. The highest BCUT2D eigenvalue weighted by atomic mass is 35.5. The van der Waals surface area contributed by atoms with E-state index < -0.39 is 0 Å². The van der Waals surface area contributed by atoms with Crippen LogP contribution in [-0.2, 0) is 13.0 Å². The normalized spacial score (nSPS) is 10.5.